The second kappa shape index (κ2) is 7.45. The zero-order chi connectivity index (χ0) is 16.9. The van der Waals surface area contributed by atoms with Crippen molar-refractivity contribution in [2.75, 3.05) is 5.43 Å². The summed E-state index contributed by atoms with van der Waals surface area (Å²) in [6.45, 7) is 0. The second-order valence-corrected chi connectivity index (χ2v) is 6.47. The largest absolute Gasteiger partial charge is 0.253 e. The first-order valence-electron chi connectivity index (χ1n) is 6.86. The van der Waals surface area contributed by atoms with E-state index in [9.17, 15) is 0 Å². The molecule has 0 aliphatic rings. The van der Waals surface area contributed by atoms with Crippen LogP contribution < -0.4 is 5.43 Å². The maximum Gasteiger partial charge on any atom is 0.203 e. The minimum absolute atomic E-state index is 0.556. The highest BCUT2D eigenvalue weighted by Crippen LogP contribution is 2.32. The Morgan fingerprint density at radius 1 is 1.17 bits per heavy atom. The van der Waals surface area contributed by atoms with E-state index in [1.165, 1.54) is 11.3 Å². The van der Waals surface area contributed by atoms with Gasteiger partial charge in [-0.1, -0.05) is 35.3 Å². The molecule has 0 unspecified atom stereocenters. The van der Waals surface area contributed by atoms with E-state index >= 15 is 0 Å². The van der Waals surface area contributed by atoms with E-state index in [1.807, 2.05) is 23.6 Å². The standard InChI is InChI=1S/C17H10Cl2N4S/c18-13-5-6-14(15(19)7-13)16-10-24-17(22-16)23-21-9-12-3-1-11(8-20)2-4-12/h1-7,9-10H,(H,22,23). The number of halogens is 2. The van der Waals surface area contributed by atoms with Gasteiger partial charge in [0.05, 0.1) is 28.6 Å². The lowest BCUT2D eigenvalue weighted by Crippen LogP contribution is -1.90. The number of nitrogens with one attached hydrogen (secondary N) is 1. The van der Waals surface area contributed by atoms with E-state index in [1.54, 1.807) is 30.5 Å². The van der Waals surface area contributed by atoms with Crippen molar-refractivity contribution in [1.82, 2.24) is 4.98 Å². The molecule has 0 saturated carbocycles. The molecule has 1 aromatic heterocycles. The average molecular weight is 373 g/mol. The Balaban J connectivity index is 1.69. The molecule has 0 saturated heterocycles. The highest BCUT2D eigenvalue weighted by molar-refractivity contribution is 7.14. The zero-order valence-corrected chi connectivity index (χ0v) is 14.5. The maximum atomic E-state index is 8.76. The smallest absolute Gasteiger partial charge is 0.203 e. The quantitative estimate of drug-likeness (QED) is 0.490. The third kappa shape index (κ3) is 3.92. The van der Waals surface area contributed by atoms with Gasteiger partial charge in [0.1, 0.15) is 0 Å². The van der Waals surface area contributed by atoms with Crippen molar-refractivity contribution in [3.05, 3.63) is 69.0 Å². The van der Waals surface area contributed by atoms with Gasteiger partial charge >= 0.3 is 0 Å². The normalized spacial score (nSPS) is 10.7. The number of nitriles is 1. The Morgan fingerprint density at radius 2 is 1.96 bits per heavy atom. The molecule has 3 rings (SSSR count). The van der Waals surface area contributed by atoms with E-state index in [-0.39, 0.29) is 0 Å². The Labute approximate surface area is 153 Å². The predicted molar refractivity (Wildman–Crippen MR) is 99.9 cm³/mol. The number of anilines is 1. The molecule has 1 heterocycles. The van der Waals surface area contributed by atoms with Gasteiger partial charge < -0.3 is 0 Å². The number of hydrogen-bond donors (Lipinski definition) is 1. The third-order valence-corrected chi connectivity index (χ3v) is 4.42. The minimum Gasteiger partial charge on any atom is -0.253 e. The van der Waals surface area contributed by atoms with Gasteiger partial charge in [-0.25, -0.2) is 4.98 Å². The van der Waals surface area contributed by atoms with Crippen molar-refractivity contribution in [3.63, 3.8) is 0 Å². The molecule has 0 bridgehead atoms. The molecule has 24 heavy (non-hydrogen) atoms. The Kier molecular flexibility index (Phi) is 5.11. The van der Waals surface area contributed by atoms with Gasteiger partial charge in [-0.05, 0) is 35.9 Å². The molecule has 2 aromatic carbocycles. The van der Waals surface area contributed by atoms with Crippen LogP contribution in [0.1, 0.15) is 11.1 Å². The number of thiazole rings is 1. The lowest BCUT2D eigenvalue weighted by atomic mass is 10.2. The van der Waals surface area contributed by atoms with E-state index in [0.717, 1.165) is 16.8 Å². The molecule has 7 heteroatoms. The molecule has 118 valence electrons. The van der Waals surface area contributed by atoms with Crippen LogP contribution in [0, 0.1) is 11.3 Å². The highest BCUT2D eigenvalue weighted by Gasteiger charge is 2.08. The van der Waals surface area contributed by atoms with Crippen LogP contribution in [0.15, 0.2) is 52.9 Å². The van der Waals surface area contributed by atoms with Crippen LogP contribution in [0.3, 0.4) is 0 Å². The number of rotatable bonds is 4. The molecule has 0 fully saturated rings. The first-order chi connectivity index (χ1) is 11.7. The molecular weight excluding hydrogens is 363 g/mol. The van der Waals surface area contributed by atoms with Crippen LogP contribution in [-0.4, -0.2) is 11.2 Å². The van der Waals surface area contributed by atoms with E-state index in [2.05, 4.69) is 21.6 Å². The first-order valence-corrected chi connectivity index (χ1v) is 8.49. The lowest BCUT2D eigenvalue weighted by Gasteiger charge is -2.00. The highest BCUT2D eigenvalue weighted by atomic mass is 35.5. The van der Waals surface area contributed by atoms with E-state index < -0.39 is 0 Å². The molecule has 0 atom stereocenters. The summed E-state index contributed by atoms with van der Waals surface area (Å²) in [6.07, 6.45) is 1.66. The van der Waals surface area contributed by atoms with Crippen LogP contribution in [0.4, 0.5) is 5.13 Å². The maximum absolute atomic E-state index is 8.76. The van der Waals surface area contributed by atoms with Crippen molar-refractivity contribution >= 4 is 45.9 Å². The van der Waals surface area contributed by atoms with Crippen molar-refractivity contribution in [2.45, 2.75) is 0 Å². The molecule has 3 aromatic rings. The SMILES string of the molecule is N#Cc1ccc(C=NNc2nc(-c3ccc(Cl)cc3Cl)cs2)cc1. The van der Waals surface area contributed by atoms with Crippen molar-refractivity contribution in [1.29, 1.82) is 5.26 Å². The molecule has 0 spiro atoms. The molecule has 0 aliphatic heterocycles. The topological polar surface area (TPSA) is 61.1 Å². The summed E-state index contributed by atoms with van der Waals surface area (Å²) < 4.78 is 0. The van der Waals surface area contributed by atoms with Crippen molar-refractivity contribution in [2.24, 2.45) is 5.10 Å². The number of aromatic nitrogens is 1. The zero-order valence-electron chi connectivity index (χ0n) is 12.2. The van der Waals surface area contributed by atoms with Crippen LogP contribution in [0.25, 0.3) is 11.3 Å². The van der Waals surface area contributed by atoms with Gasteiger partial charge in [-0.3, -0.25) is 5.43 Å². The lowest BCUT2D eigenvalue weighted by molar-refractivity contribution is 1.29. The number of hydrazone groups is 1. The summed E-state index contributed by atoms with van der Waals surface area (Å²) in [5.41, 5.74) is 5.97. The van der Waals surface area contributed by atoms with Crippen LogP contribution in [0.5, 0.6) is 0 Å². The Hall–Kier alpha value is -2.39. The van der Waals surface area contributed by atoms with Gasteiger partial charge in [-0.2, -0.15) is 10.4 Å². The fraction of sp³-hybridized carbons (Fsp3) is 0. The summed E-state index contributed by atoms with van der Waals surface area (Å²) in [4.78, 5) is 4.45. The number of benzene rings is 2. The van der Waals surface area contributed by atoms with E-state index in [0.29, 0.717) is 20.7 Å². The third-order valence-electron chi connectivity index (χ3n) is 3.12. The fourth-order valence-corrected chi connectivity index (χ4v) is 3.12. The molecule has 1 N–H and O–H groups in total. The number of nitrogens with zero attached hydrogens (tertiary/aromatic N) is 3. The van der Waals surface area contributed by atoms with Crippen LogP contribution >= 0.6 is 34.5 Å². The minimum atomic E-state index is 0.556. The summed E-state index contributed by atoms with van der Waals surface area (Å²) in [5, 5.41) is 16.6. The van der Waals surface area contributed by atoms with Gasteiger partial charge in [0, 0.05) is 16.0 Å². The summed E-state index contributed by atoms with van der Waals surface area (Å²) >= 11 is 13.5. The summed E-state index contributed by atoms with van der Waals surface area (Å²) in [7, 11) is 0. The fourth-order valence-electron chi connectivity index (χ4n) is 1.95. The monoisotopic (exact) mass is 372 g/mol. The molecule has 0 aliphatic carbocycles. The Morgan fingerprint density at radius 3 is 2.67 bits per heavy atom. The van der Waals surface area contributed by atoms with Crippen molar-refractivity contribution < 1.29 is 0 Å². The predicted octanol–water partition coefficient (Wildman–Crippen LogP) is 5.43. The van der Waals surface area contributed by atoms with E-state index in [4.69, 9.17) is 28.5 Å². The van der Waals surface area contributed by atoms with Crippen LogP contribution in [-0.2, 0) is 0 Å². The van der Waals surface area contributed by atoms with Gasteiger partial charge in [-0.15, -0.1) is 11.3 Å². The average Bonchev–Trinajstić information content (AvgIpc) is 3.04. The summed E-state index contributed by atoms with van der Waals surface area (Å²) in [5.74, 6) is 0. The molecule has 0 amide bonds. The van der Waals surface area contributed by atoms with Gasteiger partial charge in [0.2, 0.25) is 5.13 Å². The van der Waals surface area contributed by atoms with Gasteiger partial charge in [0.15, 0.2) is 0 Å². The van der Waals surface area contributed by atoms with Gasteiger partial charge in [0.25, 0.3) is 0 Å². The van der Waals surface area contributed by atoms with Crippen LogP contribution in [0.2, 0.25) is 10.0 Å². The number of hydrogen-bond acceptors (Lipinski definition) is 5. The second-order valence-electron chi connectivity index (χ2n) is 4.77. The first kappa shape index (κ1) is 16.5. The van der Waals surface area contributed by atoms with Crippen molar-refractivity contribution in [3.8, 4) is 17.3 Å². The Bertz CT molecular complexity index is 927. The summed E-state index contributed by atoms with van der Waals surface area (Å²) in [6, 6.07) is 14.5. The molecule has 4 nitrogen and oxygen atoms in total. The molecular formula is C17H10Cl2N4S. The molecule has 0 radical (unpaired) electrons.